The highest BCUT2D eigenvalue weighted by Crippen LogP contribution is 2.39. The minimum Gasteiger partial charge on any atom is -0.481 e. The third-order valence-electron chi connectivity index (χ3n) is 9.86. The average molecular weight is 727 g/mol. The van der Waals surface area contributed by atoms with Gasteiger partial charge in [0.2, 0.25) is 5.91 Å². The zero-order valence-corrected chi connectivity index (χ0v) is 30.7. The summed E-state index contributed by atoms with van der Waals surface area (Å²) < 4.78 is 13.5. The van der Waals surface area contributed by atoms with Gasteiger partial charge >= 0.3 is 5.97 Å². The van der Waals surface area contributed by atoms with Gasteiger partial charge in [-0.25, -0.2) is 0 Å². The van der Waals surface area contributed by atoms with Crippen LogP contribution in [0.2, 0.25) is 0 Å². The summed E-state index contributed by atoms with van der Waals surface area (Å²) >= 11 is 0. The highest BCUT2D eigenvalue weighted by Gasteiger charge is 2.33. The number of ether oxygens (including phenoxy) is 2. The standard InChI is InChI=1S/C46H50N2O6/c49-33-36-20-22-38(23-21-36)43-28-41(32-48(30-34-12-4-1-5-13-34)31-35-14-6-2-7-15-35)53-46(54-43)39-26-24-37(25-27-39)42-17-11-10-16-40(42)29-47-44(50)18-8-3-9-19-45(51)52/h1-2,4-7,10-17,20-27,41,43,46,49H,3,8-9,18-19,28-33H2,(H,47,50)(H,51,52). The Morgan fingerprint density at radius 2 is 1.28 bits per heavy atom. The molecule has 0 spiro atoms. The van der Waals surface area contributed by atoms with Crippen LogP contribution in [0.25, 0.3) is 11.1 Å². The van der Waals surface area contributed by atoms with Gasteiger partial charge in [0.1, 0.15) is 0 Å². The van der Waals surface area contributed by atoms with Crippen molar-refractivity contribution in [2.75, 3.05) is 6.54 Å². The quantitative estimate of drug-likeness (QED) is 0.0776. The number of benzene rings is 5. The molecule has 54 heavy (non-hydrogen) atoms. The van der Waals surface area contributed by atoms with E-state index in [1.807, 2.05) is 54.6 Å². The van der Waals surface area contributed by atoms with Gasteiger partial charge < -0.3 is 25.0 Å². The summed E-state index contributed by atoms with van der Waals surface area (Å²) in [5.74, 6) is -0.842. The Morgan fingerprint density at radius 1 is 0.667 bits per heavy atom. The third kappa shape index (κ3) is 11.4. The lowest BCUT2D eigenvalue weighted by Gasteiger charge is -2.38. The molecule has 1 aliphatic heterocycles. The lowest BCUT2D eigenvalue weighted by Crippen LogP contribution is -2.39. The number of carbonyl (C=O) groups is 2. The summed E-state index contributed by atoms with van der Waals surface area (Å²) in [6, 6.07) is 45.4. The van der Waals surface area contributed by atoms with Crippen molar-refractivity contribution >= 4 is 11.9 Å². The Balaban J connectivity index is 1.17. The van der Waals surface area contributed by atoms with Gasteiger partial charge in [-0.05, 0) is 51.8 Å². The fraction of sp³-hybridized carbons (Fsp3) is 0.304. The van der Waals surface area contributed by atoms with E-state index in [9.17, 15) is 14.7 Å². The number of rotatable bonds is 18. The lowest BCUT2D eigenvalue weighted by molar-refractivity contribution is -0.253. The summed E-state index contributed by atoms with van der Waals surface area (Å²) in [6.07, 6.45) is 2.28. The fourth-order valence-corrected chi connectivity index (χ4v) is 6.99. The number of unbranched alkanes of at least 4 members (excludes halogenated alkanes) is 2. The molecule has 1 heterocycles. The Bertz CT molecular complexity index is 1860. The highest BCUT2D eigenvalue weighted by atomic mass is 16.7. The average Bonchev–Trinajstić information content (AvgIpc) is 3.20. The second kappa shape index (κ2) is 19.8. The number of carbonyl (C=O) groups excluding carboxylic acids is 1. The first-order valence-corrected chi connectivity index (χ1v) is 18.9. The summed E-state index contributed by atoms with van der Waals surface area (Å²) in [6.45, 7) is 2.69. The largest absolute Gasteiger partial charge is 0.481 e. The van der Waals surface area contributed by atoms with Crippen LogP contribution in [0.5, 0.6) is 0 Å². The summed E-state index contributed by atoms with van der Waals surface area (Å²) in [7, 11) is 0. The number of aliphatic hydroxyl groups excluding tert-OH is 1. The first-order chi connectivity index (χ1) is 26.4. The van der Waals surface area contributed by atoms with Crippen molar-refractivity contribution in [3.63, 3.8) is 0 Å². The van der Waals surface area contributed by atoms with E-state index < -0.39 is 12.3 Å². The van der Waals surface area contributed by atoms with E-state index in [0.29, 0.717) is 45.2 Å². The summed E-state index contributed by atoms with van der Waals surface area (Å²) in [4.78, 5) is 25.7. The molecule has 8 heteroatoms. The first kappa shape index (κ1) is 38.6. The molecule has 0 bridgehead atoms. The van der Waals surface area contributed by atoms with Crippen molar-refractivity contribution in [1.82, 2.24) is 10.2 Å². The van der Waals surface area contributed by atoms with E-state index in [1.54, 1.807) is 0 Å². The Hall–Kier alpha value is -5.12. The molecule has 3 unspecified atom stereocenters. The lowest BCUT2D eigenvalue weighted by atomic mass is 9.97. The maximum atomic E-state index is 12.5. The normalized spacial score (nSPS) is 17.0. The van der Waals surface area contributed by atoms with Crippen molar-refractivity contribution < 1.29 is 29.3 Å². The Morgan fingerprint density at radius 3 is 1.93 bits per heavy atom. The van der Waals surface area contributed by atoms with E-state index in [0.717, 1.165) is 46.5 Å². The number of nitrogens with zero attached hydrogens (tertiary/aromatic N) is 1. The Labute approximate surface area is 318 Å². The molecule has 1 amide bonds. The molecule has 1 fully saturated rings. The van der Waals surface area contributed by atoms with Gasteiger partial charge in [0.15, 0.2) is 6.29 Å². The SMILES string of the molecule is O=C(O)CCCCCC(=O)NCc1ccccc1-c1ccc(C2OC(CN(Cc3ccccc3)Cc3ccccc3)CC(c3ccc(CO)cc3)O2)cc1. The van der Waals surface area contributed by atoms with E-state index in [1.165, 1.54) is 11.1 Å². The zero-order chi connectivity index (χ0) is 37.5. The molecular weight excluding hydrogens is 677 g/mol. The van der Waals surface area contributed by atoms with Gasteiger partial charge in [0.25, 0.3) is 0 Å². The van der Waals surface area contributed by atoms with Crippen LogP contribution >= 0.6 is 0 Å². The summed E-state index contributed by atoms with van der Waals surface area (Å²) in [5.41, 5.74) is 8.40. The van der Waals surface area contributed by atoms with Gasteiger partial charge in [-0.2, -0.15) is 0 Å². The van der Waals surface area contributed by atoms with Crippen LogP contribution in [0.1, 0.15) is 84.3 Å². The molecule has 0 saturated carbocycles. The van der Waals surface area contributed by atoms with E-state index in [-0.39, 0.29) is 31.1 Å². The second-order valence-electron chi connectivity index (χ2n) is 14.0. The van der Waals surface area contributed by atoms with Crippen molar-refractivity contribution in [2.24, 2.45) is 0 Å². The molecule has 280 valence electrons. The molecule has 6 rings (SSSR count). The van der Waals surface area contributed by atoms with E-state index in [4.69, 9.17) is 14.6 Å². The first-order valence-electron chi connectivity index (χ1n) is 18.9. The number of hydrogen-bond donors (Lipinski definition) is 3. The number of hydrogen-bond acceptors (Lipinski definition) is 6. The predicted octanol–water partition coefficient (Wildman–Crippen LogP) is 8.75. The van der Waals surface area contributed by atoms with Gasteiger partial charge in [-0.3, -0.25) is 14.5 Å². The molecule has 0 aromatic heterocycles. The highest BCUT2D eigenvalue weighted by molar-refractivity contribution is 5.76. The molecule has 0 radical (unpaired) electrons. The van der Waals surface area contributed by atoms with Gasteiger partial charge in [0, 0.05) is 51.0 Å². The van der Waals surface area contributed by atoms with Crippen molar-refractivity contribution in [2.45, 2.75) is 83.3 Å². The van der Waals surface area contributed by atoms with Crippen LogP contribution in [-0.4, -0.2) is 39.6 Å². The molecule has 5 aromatic carbocycles. The van der Waals surface area contributed by atoms with Crippen LogP contribution in [0.3, 0.4) is 0 Å². The van der Waals surface area contributed by atoms with Gasteiger partial charge in [-0.15, -0.1) is 0 Å². The second-order valence-corrected chi connectivity index (χ2v) is 14.0. The van der Waals surface area contributed by atoms with E-state index in [2.05, 4.69) is 89.1 Å². The minimum atomic E-state index is -0.804. The van der Waals surface area contributed by atoms with Crippen LogP contribution in [-0.2, 0) is 45.3 Å². The number of nitrogens with one attached hydrogen (secondary N) is 1. The van der Waals surface area contributed by atoms with Crippen molar-refractivity contribution in [3.8, 4) is 11.1 Å². The molecular formula is C46H50N2O6. The monoisotopic (exact) mass is 726 g/mol. The van der Waals surface area contributed by atoms with Crippen LogP contribution in [0.15, 0.2) is 133 Å². The van der Waals surface area contributed by atoms with Crippen molar-refractivity contribution in [1.29, 1.82) is 0 Å². The predicted molar refractivity (Wildman–Crippen MR) is 210 cm³/mol. The number of amides is 1. The van der Waals surface area contributed by atoms with Crippen LogP contribution < -0.4 is 5.32 Å². The zero-order valence-electron chi connectivity index (χ0n) is 30.7. The molecule has 1 aliphatic rings. The molecule has 5 aromatic rings. The number of aliphatic hydroxyl groups is 1. The van der Waals surface area contributed by atoms with Gasteiger partial charge in [-0.1, -0.05) is 140 Å². The number of carboxylic acid groups (broad SMARTS) is 1. The van der Waals surface area contributed by atoms with Crippen molar-refractivity contribution in [3.05, 3.63) is 167 Å². The third-order valence-corrected chi connectivity index (χ3v) is 9.86. The number of carboxylic acids is 1. The van der Waals surface area contributed by atoms with Gasteiger partial charge in [0.05, 0.1) is 18.8 Å². The Kier molecular flexibility index (Phi) is 14.2. The molecule has 1 saturated heterocycles. The van der Waals surface area contributed by atoms with Crippen LogP contribution in [0, 0.1) is 0 Å². The maximum absolute atomic E-state index is 12.5. The molecule has 8 nitrogen and oxygen atoms in total. The maximum Gasteiger partial charge on any atom is 0.303 e. The topological polar surface area (TPSA) is 108 Å². The smallest absolute Gasteiger partial charge is 0.303 e. The fourth-order valence-electron chi connectivity index (χ4n) is 6.99. The number of aliphatic carboxylic acids is 1. The molecule has 0 aliphatic carbocycles. The minimum absolute atomic E-state index is 0.00781. The summed E-state index contributed by atoms with van der Waals surface area (Å²) in [5, 5.41) is 21.5. The molecule has 3 N–H and O–H groups in total. The molecule has 3 atom stereocenters. The van der Waals surface area contributed by atoms with Crippen LogP contribution in [0.4, 0.5) is 0 Å². The van der Waals surface area contributed by atoms with E-state index >= 15 is 0 Å².